The van der Waals surface area contributed by atoms with Gasteiger partial charge in [-0.2, -0.15) is 0 Å². The number of carboxylic acid groups (broad SMARTS) is 1. The first-order valence-corrected chi connectivity index (χ1v) is 6.43. The zero-order valence-corrected chi connectivity index (χ0v) is 10.7. The lowest BCUT2D eigenvalue weighted by atomic mass is 10.1. The van der Waals surface area contributed by atoms with E-state index in [9.17, 15) is 4.79 Å². The molecule has 0 spiro atoms. The Labute approximate surface area is 111 Å². The summed E-state index contributed by atoms with van der Waals surface area (Å²) in [7, 11) is 0. The second-order valence-electron chi connectivity index (χ2n) is 4.35. The number of benzene rings is 1. The third-order valence-electron chi connectivity index (χ3n) is 3.02. The fraction of sp³-hybridized carbons (Fsp3) is 0.462. The fourth-order valence-electron chi connectivity index (χ4n) is 2.05. The maximum atomic E-state index is 10.8. The van der Waals surface area contributed by atoms with E-state index >= 15 is 0 Å². The van der Waals surface area contributed by atoms with Crippen LogP contribution < -0.4 is 5.32 Å². The highest BCUT2D eigenvalue weighted by Gasteiger charge is 2.14. The van der Waals surface area contributed by atoms with Crippen molar-refractivity contribution in [3.8, 4) is 0 Å². The van der Waals surface area contributed by atoms with Gasteiger partial charge in [0.15, 0.2) is 0 Å². The number of hydrogen-bond acceptors (Lipinski definition) is 3. The molecule has 1 saturated heterocycles. The molecule has 4 nitrogen and oxygen atoms in total. The molecule has 0 radical (unpaired) electrons. The van der Waals surface area contributed by atoms with Crippen molar-refractivity contribution in [3.63, 3.8) is 0 Å². The monoisotopic (exact) mass is 269 g/mol. The Morgan fingerprint density at radius 2 is 2.39 bits per heavy atom. The summed E-state index contributed by atoms with van der Waals surface area (Å²) in [5.74, 6) is -1.01. The summed E-state index contributed by atoms with van der Waals surface area (Å²) in [6.45, 7) is 1.66. The van der Waals surface area contributed by atoms with Gasteiger partial charge in [-0.3, -0.25) is 0 Å². The van der Waals surface area contributed by atoms with Crippen LogP contribution in [0.15, 0.2) is 18.2 Å². The first kappa shape index (κ1) is 13.2. The molecule has 1 aliphatic rings. The number of carbonyl (C=O) groups is 1. The first-order chi connectivity index (χ1) is 8.66. The number of aromatic carboxylic acids is 1. The van der Waals surface area contributed by atoms with Crippen molar-refractivity contribution in [2.24, 2.45) is 0 Å². The number of anilines is 1. The van der Waals surface area contributed by atoms with E-state index in [0.29, 0.717) is 6.10 Å². The van der Waals surface area contributed by atoms with Crippen LogP contribution in [-0.4, -0.2) is 30.3 Å². The maximum absolute atomic E-state index is 10.8. The summed E-state index contributed by atoms with van der Waals surface area (Å²) in [5, 5.41) is 12.3. The van der Waals surface area contributed by atoms with Crippen molar-refractivity contribution in [1.29, 1.82) is 0 Å². The Kier molecular flexibility index (Phi) is 4.44. The molecular weight excluding hydrogens is 254 g/mol. The van der Waals surface area contributed by atoms with Gasteiger partial charge in [0.05, 0.1) is 16.7 Å². The van der Waals surface area contributed by atoms with E-state index in [1.165, 1.54) is 6.07 Å². The van der Waals surface area contributed by atoms with Crippen LogP contribution in [0, 0.1) is 0 Å². The van der Waals surface area contributed by atoms with Gasteiger partial charge in [0.25, 0.3) is 0 Å². The Morgan fingerprint density at radius 3 is 3.00 bits per heavy atom. The molecule has 0 bridgehead atoms. The third kappa shape index (κ3) is 3.37. The molecule has 98 valence electrons. The average Bonchev–Trinajstić information content (AvgIpc) is 2.81. The standard InChI is InChI=1S/C13H16ClNO3/c14-12-8-9(3-4-11(12)13(16)17)15-6-5-10-2-1-7-18-10/h3-4,8,10,15H,1-2,5-7H2,(H,16,17). The Balaban J connectivity index is 1.85. The van der Waals surface area contributed by atoms with Crippen LogP contribution in [0.3, 0.4) is 0 Å². The van der Waals surface area contributed by atoms with Crippen molar-refractivity contribution in [2.45, 2.75) is 25.4 Å². The molecule has 0 aliphatic carbocycles. The van der Waals surface area contributed by atoms with Crippen molar-refractivity contribution >= 4 is 23.3 Å². The van der Waals surface area contributed by atoms with Gasteiger partial charge in [0.2, 0.25) is 0 Å². The fourth-order valence-corrected chi connectivity index (χ4v) is 2.31. The predicted molar refractivity (Wildman–Crippen MR) is 70.5 cm³/mol. The molecule has 2 rings (SSSR count). The number of carboxylic acids is 1. The lowest BCUT2D eigenvalue weighted by molar-refractivity contribution is 0.0697. The highest BCUT2D eigenvalue weighted by Crippen LogP contribution is 2.21. The minimum absolute atomic E-state index is 0.126. The zero-order valence-electron chi connectivity index (χ0n) is 9.99. The molecule has 0 saturated carbocycles. The molecule has 1 fully saturated rings. The summed E-state index contributed by atoms with van der Waals surface area (Å²) in [6.07, 6.45) is 3.58. The van der Waals surface area contributed by atoms with Crippen LogP contribution in [0.4, 0.5) is 5.69 Å². The van der Waals surface area contributed by atoms with Gasteiger partial charge in [-0.25, -0.2) is 4.79 Å². The zero-order chi connectivity index (χ0) is 13.0. The Bertz CT molecular complexity index is 430. The van der Waals surface area contributed by atoms with Crippen molar-refractivity contribution in [2.75, 3.05) is 18.5 Å². The summed E-state index contributed by atoms with van der Waals surface area (Å²) < 4.78 is 5.52. The Hall–Kier alpha value is -1.26. The van der Waals surface area contributed by atoms with Crippen molar-refractivity contribution in [3.05, 3.63) is 28.8 Å². The Morgan fingerprint density at radius 1 is 1.56 bits per heavy atom. The molecule has 5 heteroatoms. The number of ether oxygens (including phenoxy) is 1. The van der Waals surface area contributed by atoms with Crippen LogP contribution in [0.2, 0.25) is 5.02 Å². The van der Waals surface area contributed by atoms with Gasteiger partial charge in [-0.1, -0.05) is 11.6 Å². The van der Waals surface area contributed by atoms with Gasteiger partial charge in [-0.05, 0) is 37.5 Å². The average molecular weight is 270 g/mol. The predicted octanol–water partition coefficient (Wildman–Crippen LogP) is 3.02. The second-order valence-corrected chi connectivity index (χ2v) is 4.76. The highest BCUT2D eigenvalue weighted by atomic mass is 35.5. The van der Waals surface area contributed by atoms with E-state index in [0.717, 1.165) is 38.1 Å². The van der Waals surface area contributed by atoms with Crippen LogP contribution in [0.1, 0.15) is 29.6 Å². The minimum atomic E-state index is -1.01. The lowest BCUT2D eigenvalue weighted by Gasteiger charge is -2.11. The van der Waals surface area contributed by atoms with Crippen LogP contribution >= 0.6 is 11.6 Å². The summed E-state index contributed by atoms with van der Waals surface area (Å²) >= 11 is 5.88. The summed E-state index contributed by atoms with van der Waals surface area (Å²) in [5.41, 5.74) is 0.962. The second kappa shape index (κ2) is 6.07. The normalized spacial score (nSPS) is 18.8. The highest BCUT2D eigenvalue weighted by molar-refractivity contribution is 6.33. The van der Waals surface area contributed by atoms with Gasteiger partial charge >= 0.3 is 5.97 Å². The first-order valence-electron chi connectivity index (χ1n) is 6.05. The third-order valence-corrected chi connectivity index (χ3v) is 3.33. The molecule has 1 heterocycles. The molecule has 0 amide bonds. The van der Waals surface area contributed by atoms with Crippen molar-refractivity contribution < 1.29 is 14.6 Å². The SMILES string of the molecule is O=C(O)c1ccc(NCCC2CCCO2)cc1Cl. The number of hydrogen-bond donors (Lipinski definition) is 2. The largest absolute Gasteiger partial charge is 0.478 e. The topological polar surface area (TPSA) is 58.6 Å². The summed E-state index contributed by atoms with van der Waals surface area (Å²) in [4.78, 5) is 10.8. The number of nitrogens with one attached hydrogen (secondary N) is 1. The maximum Gasteiger partial charge on any atom is 0.337 e. The van der Waals surface area contributed by atoms with Crippen molar-refractivity contribution in [1.82, 2.24) is 0 Å². The molecule has 2 N–H and O–H groups in total. The molecule has 1 unspecified atom stereocenters. The van der Waals surface area contributed by atoms with E-state index in [1.807, 2.05) is 0 Å². The lowest BCUT2D eigenvalue weighted by Crippen LogP contribution is -2.12. The van der Waals surface area contributed by atoms with Crippen LogP contribution in [0.5, 0.6) is 0 Å². The van der Waals surface area contributed by atoms with Gasteiger partial charge < -0.3 is 15.2 Å². The molecule has 1 atom stereocenters. The molecule has 1 aliphatic heterocycles. The van der Waals surface area contributed by atoms with E-state index in [2.05, 4.69) is 5.32 Å². The van der Waals surface area contributed by atoms with E-state index in [1.54, 1.807) is 12.1 Å². The molecule has 1 aromatic rings. The smallest absolute Gasteiger partial charge is 0.337 e. The number of rotatable bonds is 5. The van der Waals surface area contributed by atoms with Gasteiger partial charge in [0.1, 0.15) is 0 Å². The quantitative estimate of drug-likeness (QED) is 0.863. The van der Waals surface area contributed by atoms with Gasteiger partial charge in [0, 0.05) is 18.8 Å². The number of halogens is 1. The molecule has 0 aromatic heterocycles. The molecule has 18 heavy (non-hydrogen) atoms. The molecule has 1 aromatic carbocycles. The van der Waals surface area contributed by atoms with Crippen LogP contribution in [0.25, 0.3) is 0 Å². The van der Waals surface area contributed by atoms with Gasteiger partial charge in [-0.15, -0.1) is 0 Å². The van der Waals surface area contributed by atoms with Crippen LogP contribution in [-0.2, 0) is 4.74 Å². The molecular formula is C13H16ClNO3. The summed E-state index contributed by atoms with van der Waals surface area (Å²) in [6, 6.07) is 4.88. The van der Waals surface area contributed by atoms with E-state index in [4.69, 9.17) is 21.4 Å². The van der Waals surface area contributed by atoms with E-state index < -0.39 is 5.97 Å². The van der Waals surface area contributed by atoms with E-state index in [-0.39, 0.29) is 10.6 Å². The minimum Gasteiger partial charge on any atom is -0.478 e.